The maximum atomic E-state index is 12.5. The van der Waals surface area contributed by atoms with E-state index in [9.17, 15) is 9.59 Å². The highest BCUT2D eigenvalue weighted by Crippen LogP contribution is 2.18. The minimum atomic E-state index is -0.164. The highest BCUT2D eigenvalue weighted by atomic mass is 32.2. The lowest BCUT2D eigenvalue weighted by atomic mass is 10.1. The van der Waals surface area contributed by atoms with Crippen LogP contribution in [0, 0.1) is 13.8 Å². The Balaban J connectivity index is 1.66. The molecule has 9 heteroatoms. The van der Waals surface area contributed by atoms with Crippen LogP contribution in [0.3, 0.4) is 0 Å². The number of rotatable bonds is 6. The first-order valence-electron chi connectivity index (χ1n) is 8.47. The van der Waals surface area contributed by atoms with Crippen molar-refractivity contribution in [2.24, 2.45) is 0 Å². The lowest BCUT2D eigenvalue weighted by Crippen LogP contribution is -2.28. The minimum Gasteiger partial charge on any atom is -0.338 e. The average Bonchev–Trinajstić information content (AvgIpc) is 3.09. The van der Waals surface area contributed by atoms with E-state index in [2.05, 4.69) is 19.9 Å². The van der Waals surface area contributed by atoms with Crippen LogP contribution in [-0.2, 0) is 17.8 Å². The number of thiophene rings is 1. The van der Waals surface area contributed by atoms with E-state index in [0.717, 1.165) is 22.1 Å². The quantitative estimate of drug-likeness (QED) is 0.503. The monoisotopic (exact) mass is 403 g/mol. The number of aryl methyl sites for hydroxylation is 2. The van der Waals surface area contributed by atoms with Crippen LogP contribution in [0.4, 0.5) is 0 Å². The topological polar surface area (TPSA) is 91.8 Å². The van der Waals surface area contributed by atoms with E-state index in [-0.39, 0.29) is 18.0 Å². The fourth-order valence-electron chi connectivity index (χ4n) is 2.89. The highest BCUT2D eigenvalue weighted by molar-refractivity contribution is 7.98. The molecule has 0 unspecified atom stereocenters. The van der Waals surface area contributed by atoms with Gasteiger partial charge in [0, 0.05) is 24.9 Å². The number of amides is 1. The normalized spacial score (nSPS) is 11.1. The SMILES string of the molecule is CSc1nc(C)c(CCC(=O)N(C)Cc2nc3ccsc3c(=O)[nH]2)c(C)n1. The molecular formula is C18H21N5O2S2. The van der Waals surface area contributed by atoms with Crippen LogP contribution < -0.4 is 5.56 Å². The summed E-state index contributed by atoms with van der Waals surface area (Å²) < 4.78 is 0.604. The van der Waals surface area contributed by atoms with Gasteiger partial charge in [0.15, 0.2) is 5.16 Å². The van der Waals surface area contributed by atoms with Crippen molar-refractivity contribution in [3.05, 3.63) is 44.6 Å². The van der Waals surface area contributed by atoms with Crippen molar-refractivity contribution in [1.29, 1.82) is 0 Å². The second-order valence-electron chi connectivity index (χ2n) is 6.26. The van der Waals surface area contributed by atoms with Crippen LogP contribution in [0.15, 0.2) is 21.4 Å². The lowest BCUT2D eigenvalue weighted by Gasteiger charge is -2.17. The summed E-state index contributed by atoms with van der Waals surface area (Å²) in [7, 11) is 1.72. The van der Waals surface area contributed by atoms with E-state index in [1.54, 1.807) is 11.9 Å². The maximum absolute atomic E-state index is 12.5. The van der Waals surface area contributed by atoms with Gasteiger partial charge in [-0.25, -0.2) is 15.0 Å². The Morgan fingerprint density at radius 1 is 1.26 bits per heavy atom. The summed E-state index contributed by atoms with van der Waals surface area (Å²) in [6.07, 6.45) is 2.88. The van der Waals surface area contributed by atoms with E-state index in [1.807, 2.05) is 31.5 Å². The number of carbonyl (C=O) groups excluding carboxylic acids is 1. The van der Waals surface area contributed by atoms with Crippen molar-refractivity contribution in [3.63, 3.8) is 0 Å². The number of nitrogens with zero attached hydrogens (tertiary/aromatic N) is 4. The van der Waals surface area contributed by atoms with Gasteiger partial charge in [0.25, 0.3) is 5.56 Å². The van der Waals surface area contributed by atoms with E-state index >= 15 is 0 Å². The lowest BCUT2D eigenvalue weighted by molar-refractivity contribution is -0.130. The van der Waals surface area contributed by atoms with Crippen molar-refractivity contribution >= 4 is 39.2 Å². The summed E-state index contributed by atoms with van der Waals surface area (Å²) in [5, 5.41) is 2.58. The predicted octanol–water partition coefficient (Wildman–Crippen LogP) is 2.70. The zero-order valence-electron chi connectivity index (χ0n) is 15.7. The first-order chi connectivity index (χ1) is 12.9. The number of nitrogens with one attached hydrogen (secondary N) is 1. The fraction of sp³-hybridized carbons (Fsp3) is 0.389. The molecule has 0 spiro atoms. The molecule has 3 rings (SSSR count). The molecule has 0 atom stereocenters. The molecule has 3 heterocycles. The minimum absolute atomic E-state index is 0.0178. The van der Waals surface area contributed by atoms with Crippen LogP contribution >= 0.6 is 23.1 Å². The third-order valence-corrected chi connectivity index (χ3v) is 5.80. The third kappa shape index (κ3) is 4.36. The molecule has 0 bridgehead atoms. The molecule has 7 nitrogen and oxygen atoms in total. The van der Waals surface area contributed by atoms with Gasteiger partial charge in [0.05, 0.1) is 12.1 Å². The second-order valence-corrected chi connectivity index (χ2v) is 7.95. The Morgan fingerprint density at radius 3 is 2.63 bits per heavy atom. The van der Waals surface area contributed by atoms with Gasteiger partial charge in [0.2, 0.25) is 5.91 Å². The van der Waals surface area contributed by atoms with E-state index in [0.29, 0.717) is 28.9 Å². The Bertz CT molecular complexity index is 1020. The molecule has 0 radical (unpaired) electrons. The van der Waals surface area contributed by atoms with Crippen molar-refractivity contribution in [2.75, 3.05) is 13.3 Å². The molecule has 0 fully saturated rings. The number of thioether (sulfide) groups is 1. The Morgan fingerprint density at radius 2 is 1.96 bits per heavy atom. The third-order valence-electron chi connectivity index (χ3n) is 4.35. The number of fused-ring (bicyclic) bond motifs is 1. The van der Waals surface area contributed by atoms with E-state index < -0.39 is 0 Å². The molecule has 3 aromatic rings. The summed E-state index contributed by atoms with van der Waals surface area (Å²) >= 11 is 2.86. The first kappa shape index (κ1) is 19.5. The largest absolute Gasteiger partial charge is 0.338 e. The molecule has 1 amide bonds. The zero-order chi connectivity index (χ0) is 19.6. The van der Waals surface area contributed by atoms with Gasteiger partial charge in [-0.2, -0.15) is 0 Å². The smallest absolute Gasteiger partial charge is 0.268 e. The summed E-state index contributed by atoms with van der Waals surface area (Å²) in [6, 6.07) is 1.81. The molecule has 0 saturated heterocycles. The Hall–Kier alpha value is -2.26. The van der Waals surface area contributed by atoms with Gasteiger partial charge in [-0.1, -0.05) is 11.8 Å². The summed E-state index contributed by atoms with van der Waals surface area (Å²) in [6.45, 7) is 4.16. The van der Waals surface area contributed by atoms with Crippen LogP contribution in [0.5, 0.6) is 0 Å². The predicted molar refractivity (Wildman–Crippen MR) is 108 cm³/mol. The second kappa shape index (κ2) is 8.18. The number of aromatic nitrogens is 4. The Kier molecular flexibility index (Phi) is 5.91. The number of H-pyrrole nitrogens is 1. The van der Waals surface area contributed by atoms with E-state index in [1.165, 1.54) is 23.1 Å². The van der Waals surface area contributed by atoms with Crippen LogP contribution in [-0.4, -0.2) is 44.0 Å². The first-order valence-corrected chi connectivity index (χ1v) is 10.6. The van der Waals surface area contributed by atoms with Gasteiger partial charge in [0.1, 0.15) is 10.5 Å². The van der Waals surface area contributed by atoms with Gasteiger partial charge in [-0.3, -0.25) is 9.59 Å². The standard InChI is InChI=1S/C18H21N5O2S2/c1-10-12(11(2)20-18(19-10)26-4)5-6-15(24)23(3)9-14-21-13-7-8-27-16(13)17(25)22-14/h7-8H,5-6,9H2,1-4H3,(H,21,22,25). The molecule has 3 aromatic heterocycles. The van der Waals surface area contributed by atoms with Crippen molar-refractivity contribution < 1.29 is 4.79 Å². The van der Waals surface area contributed by atoms with Gasteiger partial charge >= 0.3 is 0 Å². The molecule has 0 saturated carbocycles. The number of aromatic amines is 1. The molecule has 0 aromatic carbocycles. The van der Waals surface area contributed by atoms with Gasteiger partial charge in [-0.05, 0) is 43.5 Å². The molecule has 0 aliphatic rings. The zero-order valence-corrected chi connectivity index (χ0v) is 17.3. The summed E-state index contributed by atoms with van der Waals surface area (Å²) in [5.74, 6) is 0.470. The molecule has 142 valence electrons. The van der Waals surface area contributed by atoms with Crippen LogP contribution in [0.2, 0.25) is 0 Å². The molecular weight excluding hydrogens is 382 g/mol. The van der Waals surface area contributed by atoms with Gasteiger partial charge in [-0.15, -0.1) is 11.3 Å². The number of hydrogen-bond donors (Lipinski definition) is 1. The molecule has 0 aliphatic carbocycles. The molecule has 0 aliphatic heterocycles. The molecule has 27 heavy (non-hydrogen) atoms. The van der Waals surface area contributed by atoms with Crippen LogP contribution in [0.1, 0.15) is 29.2 Å². The van der Waals surface area contributed by atoms with Crippen molar-refractivity contribution in [1.82, 2.24) is 24.8 Å². The van der Waals surface area contributed by atoms with Crippen molar-refractivity contribution in [3.8, 4) is 0 Å². The van der Waals surface area contributed by atoms with Gasteiger partial charge < -0.3 is 9.88 Å². The van der Waals surface area contributed by atoms with Crippen molar-refractivity contribution in [2.45, 2.75) is 38.4 Å². The van der Waals surface area contributed by atoms with Crippen LogP contribution in [0.25, 0.3) is 10.2 Å². The average molecular weight is 404 g/mol. The maximum Gasteiger partial charge on any atom is 0.268 e. The highest BCUT2D eigenvalue weighted by Gasteiger charge is 2.15. The summed E-state index contributed by atoms with van der Waals surface area (Å²) in [4.78, 5) is 42.2. The number of hydrogen-bond acceptors (Lipinski definition) is 7. The molecule has 1 N–H and O–H groups in total. The number of carbonyl (C=O) groups is 1. The Labute approximate surface area is 165 Å². The summed E-state index contributed by atoms with van der Waals surface area (Å²) in [5.41, 5.74) is 3.34. The fourth-order valence-corrected chi connectivity index (χ4v) is 4.08. The van der Waals surface area contributed by atoms with E-state index in [4.69, 9.17) is 0 Å².